The van der Waals surface area contributed by atoms with Crippen molar-refractivity contribution < 1.29 is 23.5 Å². The highest BCUT2D eigenvalue weighted by Gasteiger charge is 2.22. The molecule has 3 N–H and O–H groups in total. The van der Waals surface area contributed by atoms with Gasteiger partial charge in [-0.05, 0) is 19.0 Å². The summed E-state index contributed by atoms with van der Waals surface area (Å²) in [7, 11) is 0. The summed E-state index contributed by atoms with van der Waals surface area (Å²) in [6.07, 6.45) is 0.492. The van der Waals surface area contributed by atoms with E-state index in [-0.39, 0.29) is 18.0 Å². The summed E-state index contributed by atoms with van der Waals surface area (Å²) in [6.45, 7) is 2.04. The minimum absolute atomic E-state index is 0.126. The lowest BCUT2D eigenvalue weighted by Gasteiger charge is -2.15. The van der Waals surface area contributed by atoms with Crippen molar-refractivity contribution in [3.05, 3.63) is 35.4 Å². The van der Waals surface area contributed by atoms with Gasteiger partial charge in [0.25, 0.3) is 0 Å². The highest BCUT2D eigenvalue weighted by molar-refractivity contribution is 5.75. The molecule has 0 aliphatic heterocycles. The minimum atomic E-state index is -1.26. The predicted octanol–water partition coefficient (Wildman–Crippen LogP) is 1.21. The van der Waals surface area contributed by atoms with Crippen LogP contribution in [0.15, 0.2) is 18.2 Å². The molecule has 1 unspecified atom stereocenters. The van der Waals surface area contributed by atoms with E-state index >= 15 is 0 Å². The Morgan fingerprint density at radius 3 is 2.55 bits per heavy atom. The van der Waals surface area contributed by atoms with E-state index in [1.807, 2.05) is 0 Å². The van der Waals surface area contributed by atoms with E-state index in [1.54, 1.807) is 0 Å². The van der Waals surface area contributed by atoms with Crippen LogP contribution < -0.4 is 10.6 Å². The average molecular weight is 286 g/mol. The monoisotopic (exact) mass is 286 g/mol. The maximum absolute atomic E-state index is 13.5. The largest absolute Gasteiger partial charge is 0.480 e. The van der Waals surface area contributed by atoms with Crippen LogP contribution in [0.5, 0.6) is 0 Å². The van der Waals surface area contributed by atoms with Crippen LogP contribution in [0.25, 0.3) is 0 Å². The standard InChI is InChI=1S/C13H16F2N2O3/c1-8(18)16-5-2-6-17-12(13(19)20)10-4-3-9(14)7-11(10)15/h3-4,7,12,17H,2,5-6H2,1H3,(H,16,18)(H,19,20). The molecule has 7 heteroatoms. The van der Waals surface area contributed by atoms with Crippen molar-refractivity contribution in [3.63, 3.8) is 0 Å². The first-order valence-electron chi connectivity index (χ1n) is 6.07. The molecule has 0 radical (unpaired) electrons. The van der Waals surface area contributed by atoms with E-state index in [0.717, 1.165) is 12.1 Å². The number of carbonyl (C=O) groups excluding carboxylic acids is 1. The van der Waals surface area contributed by atoms with Gasteiger partial charge in [-0.25, -0.2) is 8.78 Å². The Hall–Kier alpha value is -2.02. The number of benzene rings is 1. The zero-order chi connectivity index (χ0) is 15.1. The fourth-order valence-corrected chi connectivity index (χ4v) is 1.67. The number of aliphatic carboxylic acids is 1. The van der Waals surface area contributed by atoms with Gasteiger partial charge in [0, 0.05) is 25.1 Å². The van der Waals surface area contributed by atoms with Crippen molar-refractivity contribution in [2.75, 3.05) is 13.1 Å². The van der Waals surface area contributed by atoms with Gasteiger partial charge in [-0.2, -0.15) is 0 Å². The van der Waals surface area contributed by atoms with E-state index in [1.165, 1.54) is 6.92 Å². The molecular formula is C13H16F2N2O3. The van der Waals surface area contributed by atoms with Gasteiger partial charge in [-0.15, -0.1) is 0 Å². The second-order valence-electron chi connectivity index (χ2n) is 4.23. The van der Waals surface area contributed by atoms with Gasteiger partial charge >= 0.3 is 5.97 Å². The minimum Gasteiger partial charge on any atom is -0.480 e. The molecule has 0 bridgehead atoms. The van der Waals surface area contributed by atoms with Crippen LogP contribution in [-0.4, -0.2) is 30.1 Å². The first kappa shape index (κ1) is 16.0. The first-order chi connectivity index (χ1) is 9.41. The second kappa shape index (κ2) is 7.54. The molecule has 0 aliphatic rings. The molecule has 0 fully saturated rings. The van der Waals surface area contributed by atoms with E-state index < -0.39 is 23.6 Å². The normalized spacial score (nSPS) is 11.9. The molecule has 110 valence electrons. The number of carboxylic acid groups (broad SMARTS) is 1. The Kier molecular flexibility index (Phi) is 6.05. The van der Waals surface area contributed by atoms with Crippen molar-refractivity contribution in [2.45, 2.75) is 19.4 Å². The molecule has 0 saturated carbocycles. The summed E-state index contributed by atoms with van der Waals surface area (Å²) in [6, 6.07) is 1.50. The lowest BCUT2D eigenvalue weighted by atomic mass is 10.1. The molecule has 1 atom stereocenters. The number of hydrogen-bond donors (Lipinski definition) is 3. The van der Waals surface area contributed by atoms with E-state index in [2.05, 4.69) is 10.6 Å². The highest BCUT2D eigenvalue weighted by atomic mass is 19.1. The number of hydrogen-bond acceptors (Lipinski definition) is 3. The number of carbonyl (C=O) groups is 2. The Balaban J connectivity index is 2.61. The molecular weight excluding hydrogens is 270 g/mol. The Morgan fingerprint density at radius 1 is 1.30 bits per heavy atom. The molecule has 0 aromatic heterocycles. The fraction of sp³-hybridized carbons (Fsp3) is 0.385. The summed E-state index contributed by atoms with van der Waals surface area (Å²) in [5.41, 5.74) is -0.126. The maximum Gasteiger partial charge on any atom is 0.325 e. The number of amides is 1. The molecule has 1 rings (SSSR count). The van der Waals surface area contributed by atoms with Crippen LogP contribution >= 0.6 is 0 Å². The van der Waals surface area contributed by atoms with E-state index in [9.17, 15) is 18.4 Å². The van der Waals surface area contributed by atoms with Crippen molar-refractivity contribution >= 4 is 11.9 Å². The zero-order valence-corrected chi connectivity index (χ0v) is 11.0. The van der Waals surface area contributed by atoms with Crippen molar-refractivity contribution in [1.29, 1.82) is 0 Å². The quantitative estimate of drug-likeness (QED) is 0.658. The van der Waals surface area contributed by atoms with Crippen LogP contribution in [0.1, 0.15) is 24.9 Å². The highest BCUT2D eigenvalue weighted by Crippen LogP contribution is 2.18. The fourth-order valence-electron chi connectivity index (χ4n) is 1.67. The van der Waals surface area contributed by atoms with Gasteiger partial charge in [-0.3, -0.25) is 9.59 Å². The first-order valence-corrected chi connectivity index (χ1v) is 6.07. The van der Waals surface area contributed by atoms with Gasteiger partial charge in [0.05, 0.1) is 0 Å². The summed E-state index contributed by atoms with van der Waals surface area (Å²) in [5, 5.41) is 14.3. The molecule has 1 amide bonds. The van der Waals surface area contributed by atoms with Crippen LogP contribution in [0, 0.1) is 11.6 Å². The van der Waals surface area contributed by atoms with Crippen molar-refractivity contribution in [2.24, 2.45) is 0 Å². The molecule has 0 spiro atoms. The van der Waals surface area contributed by atoms with Crippen molar-refractivity contribution in [3.8, 4) is 0 Å². The Labute approximate surface area is 115 Å². The maximum atomic E-state index is 13.5. The topological polar surface area (TPSA) is 78.4 Å². The van der Waals surface area contributed by atoms with Crippen LogP contribution in [0.2, 0.25) is 0 Å². The number of rotatable bonds is 7. The predicted molar refractivity (Wildman–Crippen MR) is 68.0 cm³/mol. The third-order valence-electron chi connectivity index (χ3n) is 2.60. The SMILES string of the molecule is CC(=O)NCCCNC(C(=O)O)c1ccc(F)cc1F. The van der Waals surface area contributed by atoms with E-state index in [0.29, 0.717) is 19.0 Å². The molecule has 1 aromatic rings. The molecule has 1 aromatic carbocycles. The van der Waals surface area contributed by atoms with Crippen LogP contribution in [0.3, 0.4) is 0 Å². The molecule has 0 aliphatic carbocycles. The molecule has 20 heavy (non-hydrogen) atoms. The Morgan fingerprint density at radius 2 is 2.00 bits per heavy atom. The molecule has 0 heterocycles. The zero-order valence-electron chi connectivity index (χ0n) is 11.0. The summed E-state index contributed by atoms with van der Waals surface area (Å²) in [4.78, 5) is 21.8. The summed E-state index contributed by atoms with van der Waals surface area (Å²) < 4.78 is 26.3. The smallest absolute Gasteiger partial charge is 0.325 e. The molecule has 5 nitrogen and oxygen atoms in total. The van der Waals surface area contributed by atoms with Gasteiger partial charge in [-0.1, -0.05) is 6.07 Å². The van der Waals surface area contributed by atoms with Gasteiger partial charge in [0.15, 0.2) is 0 Å². The second-order valence-corrected chi connectivity index (χ2v) is 4.23. The summed E-state index contributed by atoms with van der Waals surface area (Å²) >= 11 is 0. The lowest BCUT2D eigenvalue weighted by Crippen LogP contribution is -2.32. The number of nitrogens with one attached hydrogen (secondary N) is 2. The number of halogens is 2. The van der Waals surface area contributed by atoms with Gasteiger partial charge in [0.1, 0.15) is 17.7 Å². The lowest BCUT2D eigenvalue weighted by molar-refractivity contribution is -0.139. The summed E-state index contributed by atoms with van der Waals surface area (Å²) in [5.74, 6) is -3.10. The van der Waals surface area contributed by atoms with Gasteiger partial charge < -0.3 is 15.7 Å². The number of carboxylic acids is 1. The van der Waals surface area contributed by atoms with Crippen molar-refractivity contribution in [1.82, 2.24) is 10.6 Å². The third kappa shape index (κ3) is 4.93. The average Bonchev–Trinajstić information content (AvgIpc) is 2.34. The Bertz CT molecular complexity index is 495. The molecule has 0 saturated heterocycles. The van der Waals surface area contributed by atoms with Gasteiger partial charge in [0.2, 0.25) is 5.91 Å². The van der Waals surface area contributed by atoms with Crippen LogP contribution in [0.4, 0.5) is 8.78 Å². The van der Waals surface area contributed by atoms with Crippen LogP contribution in [-0.2, 0) is 9.59 Å². The van der Waals surface area contributed by atoms with E-state index in [4.69, 9.17) is 5.11 Å². The third-order valence-corrected chi connectivity index (χ3v) is 2.60.